The quantitative estimate of drug-likeness (QED) is 0.640. The molecule has 0 N–H and O–H groups in total. The van der Waals surface area contributed by atoms with E-state index < -0.39 is 23.3 Å². The molecule has 0 aromatic carbocycles. The molecule has 15 heavy (non-hydrogen) atoms. The van der Waals surface area contributed by atoms with Crippen LogP contribution in [0.2, 0.25) is 0 Å². The molecule has 82 valence electrons. The Morgan fingerprint density at radius 1 is 1.20 bits per heavy atom. The monoisotopic (exact) mass is 210 g/mol. The van der Waals surface area contributed by atoms with Crippen molar-refractivity contribution >= 4 is 11.9 Å². The second-order valence-electron chi connectivity index (χ2n) is 3.52. The van der Waals surface area contributed by atoms with Crippen LogP contribution in [0.5, 0.6) is 0 Å². The average molecular weight is 210 g/mol. The van der Waals surface area contributed by atoms with Gasteiger partial charge in [-0.2, -0.15) is 0 Å². The lowest BCUT2D eigenvalue weighted by atomic mass is 9.74. The van der Waals surface area contributed by atoms with E-state index in [2.05, 4.69) is 9.47 Å². The van der Waals surface area contributed by atoms with Crippen molar-refractivity contribution in [2.45, 2.75) is 6.92 Å². The van der Waals surface area contributed by atoms with E-state index in [-0.39, 0.29) is 0 Å². The zero-order chi connectivity index (χ0) is 11.5. The minimum absolute atomic E-state index is 0.441. The first-order chi connectivity index (χ1) is 7.06. The highest BCUT2D eigenvalue weighted by Gasteiger charge is 2.44. The lowest BCUT2D eigenvalue weighted by Crippen LogP contribution is -2.40. The second-order valence-corrected chi connectivity index (χ2v) is 3.52. The van der Waals surface area contributed by atoms with Crippen LogP contribution >= 0.6 is 0 Å². The van der Waals surface area contributed by atoms with Crippen LogP contribution in [0.15, 0.2) is 24.3 Å². The highest BCUT2D eigenvalue weighted by molar-refractivity contribution is 5.88. The van der Waals surface area contributed by atoms with E-state index in [1.165, 1.54) is 14.2 Å². The second kappa shape index (κ2) is 4.29. The van der Waals surface area contributed by atoms with Crippen molar-refractivity contribution in [2.24, 2.45) is 11.3 Å². The molecule has 0 aliphatic heterocycles. The Kier molecular flexibility index (Phi) is 3.29. The van der Waals surface area contributed by atoms with E-state index in [1.807, 2.05) is 0 Å². The van der Waals surface area contributed by atoms with Gasteiger partial charge in [-0.25, -0.2) is 0 Å². The number of methoxy groups -OCH3 is 2. The molecule has 4 heteroatoms. The van der Waals surface area contributed by atoms with Crippen LogP contribution in [0.3, 0.4) is 0 Å². The summed E-state index contributed by atoms with van der Waals surface area (Å²) in [5.74, 6) is -1.51. The van der Waals surface area contributed by atoms with Crippen molar-refractivity contribution in [1.82, 2.24) is 0 Å². The smallest absolute Gasteiger partial charge is 0.316 e. The van der Waals surface area contributed by atoms with Gasteiger partial charge < -0.3 is 9.47 Å². The van der Waals surface area contributed by atoms with Gasteiger partial charge in [0.2, 0.25) is 0 Å². The Labute approximate surface area is 88.6 Å². The Morgan fingerprint density at radius 2 is 1.87 bits per heavy atom. The maximum atomic E-state index is 11.6. The fourth-order valence-electron chi connectivity index (χ4n) is 1.60. The lowest BCUT2D eigenvalue weighted by molar-refractivity contribution is -0.159. The van der Waals surface area contributed by atoms with Crippen LogP contribution in [0.1, 0.15) is 6.92 Å². The fraction of sp³-hybridized carbons (Fsp3) is 0.455. The van der Waals surface area contributed by atoms with E-state index in [4.69, 9.17) is 0 Å². The number of carbonyl (C=O) groups is 2. The summed E-state index contributed by atoms with van der Waals surface area (Å²) in [5, 5.41) is 0. The van der Waals surface area contributed by atoms with Gasteiger partial charge in [-0.05, 0) is 6.92 Å². The van der Waals surface area contributed by atoms with E-state index in [0.717, 1.165) is 0 Å². The zero-order valence-corrected chi connectivity index (χ0v) is 9.02. The number of hydrogen-bond acceptors (Lipinski definition) is 4. The van der Waals surface area contributed by atoms with Gasteiger partial charge in [0.15, 0.2) is 0 Å². The van der Waals surface area contributed by atoms with Gasteiger partial charge in [0.1, 0.15) is 5.41 Å². The Bertz CT molecular complexity index is 329. The summed E-state index contributed by atoms with van der Waals surface area (Å²) < 4.78 is 9.33. The van der Waals surface area contributed by atoms with Gasteiger partial charge in [-0.1, -0.05) is 24.3 Å². The van der Waals surface area contributed by atoms with E-state index in [1.54, 1.807) is 31.2 Å². The first-order valence-corrected chi connectivity index (χ1v) is 4.58. The van der Waals surface area contributed by atoms with Crippen LogP contribution in [-0.2, 0) is 19.1 Å². The van der Waals surface area contributed by atoms with Gasteiger partial charge in [0.05, 0.1) is 20.1 Å². The highest BCUT2D eigenvalue weighted by Crippen LogP contribution is 2.35. The topological polar surface area (TPSA) is 52.6 Å². The predicted octanol–water partition coefficient (Wildman–Crippen LogP) is 1.08. The van der Waals surface area contributed by atoms with Crippen molar-refractivity contribution < 1.29 is 19.1 Å². The highest BCUT2D eigenvalue weighted by atomic mass is 16.5. The third-order valence-electron chi connectivity index (χ3n) is 2.58. The predicted molar refractivity (Wildman–Crippen MR) is 53.9 cm³/mol. The van der Waals surface area contributed by atoms with Gasteiger partial charge in [0, 0.05) is 0 Å². The Hall–Kier alpha value is -1.58. The molecule has 1 aliphatic carbocycles. The van der Waals surface area contributed by atoms with Crippen molar-refractivity contribution in [1.29, 1.82) is 0 Å². The summed E-state index contributed by atoms with van der Waals surface area (Å²) in [6.45, 7) is 1.65. The molecule has 0 heterocycles. The molecule has 2 unspecified atom stereocenters. The van der Waals surface area contributed by atoms with Crippen LogP contribution < -0.4 is 0 Å². The first-order valence-electron chi connectivity index (χ1n) is 4.58. The zero-order valence-electron chi connectivity index (χ0n) is 9.02. The number of carbonyl (C=O) groups excluding carboxylic acids is 2. The van der Waals surface area contributed by atoms with Gasteiger partial charge in [-0.3, -0.25) is 9.59 Å². The van der Waals surface area contributed by atoms with Crippen molar-refractivity contribution in [3.05, 3.63) is 24.3 Å². The molecule has 1 rings (SSSR count). The Balaban J connectivity index is 3.04. The summed E-state index contributed by atoms with van der Waals surface area (Å²) in [6.07, 6.45) is 6.73. The van der Waals surface area contributed by atoms with Crippen LogP contribution in [-0.4, -0.2) is 26.2 Å². The minimum atomic E-state index is -0.976. The molecule has 0 amide bonds. The normalized spacial score (nSPS) is 28.6. The Morgan fingerprint density at radius 3 is 2.40 bits per heavy atom. The van der Waals surface area contributed by atoms with Crippen molar-refractivity contribution in [3.63, 3.8) is 0 Å². The molecule has 0 radical (unpaired) electrons. The van der Waals surface area contributed by atoms with Gasteiger partial charge >= 0.3 is 11.9 Å². The number of esters is 2. The molecule has 0 aromatic heterocycles. The fourth-order valence-corrected chi connectivity index (χ4v) is 1.60. The van der Waals surface area contributed by atoms with Crippen LogP contribution in [0.25, 0.3) is 0 Å². The summed E-state index contributed by atoms with van der Waals surface area (Å²) in [4.78, 5) is 23.1. The molecule has 0 spiro atoms. The van der Waals surface area contributed by atoms with E-state index in [9.17, 15) is 9.59 Å². The molecular formula is C11H14O4. The van der Waals surface area contributed by atoms with Crippen LogP contribution in [0.4, 0.5) is 0 Å². The van der Waals surface area contributed by atoms with Crippen LogP contribution in [0, 0.1) is 11.3 Å². The summed E-state index contributed by atoms with van der Waals surface area (Å²) in [7, 11) is 2.60. The molecule has 4 nitrogen and oxygen atoms in total. The molecule has 0 saturated heterocycles. The summed E-state index contributed by atoms with van der Waals surface area (Å²) in [5.41, 5.74) is -0.976. The standard InChI is InChI=1S/C11H14O4/c1-11(10(13)15-3)7-5-4-6-8(11)9(12)14-2/h4-8H,1-3H3. The molecule has 2 atom stereocenters. The molecule has 0 bridgehead atoms. The minimum Gasteiger partial charge on any atom is -0.469 e. The first kappa shape index (κ1) is 11.5. The maximum absolute atomic E-state index is 11.6. The molecule has 0 fully saturated rings. The third-order valence-corrected chi connectivity index (χ3v) is 2.58. The number of hydrogen-bond donors (Lipinski definition) is 0. The van der Waals surface area contributed by atoms with Gasteiger partial charge in [0.25, 0.3) is 0 Å². The number of allylic oxidation sites excluding steroid dienone is 2. The average Bonchev–Trinajstić information content (AvgIpc) is 2.27. The lowest BCUT2D eigenvalue weighted by Gasteiger charge is -2.30. The molecule has 0 saturated carbocycles. The maximum Gasteiger partial charge on any atom is 0.316 e. The van der Waals surface area contributed by atoms with E-state index >= 15 is 0 Å². The molecule has 1 aliphatic rings. The molecular weight excluding hydrogens is 196 g/mol. The number of rotatable bonds is 2. The largest absolute Gasteiger partial charge is 0.469 e. The molecule has 0 aromatic rings. The van der Waals surface area contributed by atoms with Crippen molar-refractivity contribution in [2.75, 3.05) is 14.2 Å². The van der Waals surface area contributed by atoms with E-state index in [0.29, 0.717) is 0 Å². The number of ether oxygens (including phenoxy) is 2. The van der Waals surface area contributed by atoms with Crippen molar-refractivity contribution in [3.8, 4) is 0 Å². The summed E-state index contributed by atoms with van der Waals surface area (Å²) >= 11 is 0. The van der Waals surface area contributed by atoms with Gasteiger partial charge in [-0.15, -0.1) is 0 Å². The SMILES string of the molecule is COC(=O)C1C=CC=CC1(C)C(=O)OC. The third kappa shape index (κ3) is 1.93. The summed E-state index contributed by atoms with van der Waals surface area (Å²) in [6, 6.07) is 0.